The molecule has 2 aliphatic heterocycles. The molecule has 2 aliphatic rings. The van der Waals surface area contributed by atoms with Gasteiger partial charge in [0.25, 0.3) is 11.8 Å². The van der Waals surface area contributed by atoms with Crippen molar-refractivity contribution in [1.29, 1.82) is 0 Å². The van der Waals surface area contributed by atoms with Crippen molar-refractivity contribution in [3.05, 3.63) is 48.5 Å². The Hall–Kier alpha value is -3.22. The maximum Gasteiger partial charge on any atom is 0.271 e. The van der Waals surface area contributed by atoms with Gasteiger partial charge in [-0.3, -0.25) is 9.59 Å². The molecule has 2 heterocycles. The number of fused-ring (bicyclic) bond motifs is 2. The van der Waals surface area contributed by atoms with Gasteiger partial charge in [0.05, 0.1) is 12.2 Å². The van der Waals surface area contributed by atoms with E-state index in [1.807, 2.05) is 31.2 Å². The predicted octanol–water partition coefficient (Wildman–Crippen LogP) is 2.15. The summed E-state index contributed by atoms with van der Waals surface area (Å²) in [6.07, 6.45) is -0.743. The van der Waals surface area contributed by atoms with Crippen LogP contribution < -0.4 is 24.4 Å². The Morgan fingerprint density at radius 3 is 2.46 bits per heavy atom. The average molecular weight is 382 g/mol. The summed E-state index contributed by atoms with van der Waals surface area (Å²) in [6.45, 7) is 2.77. The molecule has 0 fully saturated rings. The van der Waals surface area contributed by atoms with E-state index in [0.717, 1.165) is 6.42 Å². The SMILES string of the molecule is CCCNC(=O)[C@@H]1CN(C(=O)[C@@H]2COc3ccccc3O2)c2ccccc2O1. The van der Waals surface area contributed by atoms with Crippen LogP contribution in [0.5, 0.6) is 17.2 Å². The van der Waals surface area contributed by atoms with Gasteiger partial charge in [-0.15, -0.1) is 0 Å². The van der Waals surface area contributed by atoms with Crippen LogP contribution in [0.3, 0.4) is 0 Å². The lowest BCUT2D eigenvalue weighted by atomic mass is 10.1. The van der Waals surface area contributed by atoms with Crippen molar-refractivity contribution in [1.82, 2.24) is 5.32 Å². The van der Waals surface area contributed by atoms with E-state index >= 15 is 0 Å². The lowest BCUT2D eigenvalue weighted by Gasteiger charge is -2.36. The van der Waals surface area contributed by atoms with Crippen molar-refractivity contribution in [2.45, 2.75) is 25.6 Å². The van der Waals surface area contributed by atoms with Gasteiger partial charge in [0.2, 0.25) is 6.10 Å². The summed E-state index contributed by atoms with van der Waals surface area (Å²) >= 11 is 0. The molecule has 2 aromatic carbocycles. The summed E-state index contributed by atoms with van der Waals surface area (Å²) in [7, 11) is 0. The molecule has 7 heteroatoms. The smallest absolute Gasteiger partial charge is 0.271 e. The van der Waals surface area contributed by atoms with Gasteiger partial charge < -0.3 is 24.4 Å². The van der Waals surface area contributed by atoms with E-state index in [0.29, 0.717) is 29.5 Å². The van der Waals surface area contributed by atoms with E-state index < -0.39 is 12.2 Å². The van der Waals surface area contributed by atoms with Crippen LogP contribution in [-0.2, 0) is 9.59 Å². The fraction of sp³-hybridized carbons (Fsp3) is 0.333. The van der Waals surface area contributed by atoms with E-state index in [1.165, 1.54) is 0 Å². The monoisotopic (exact) mass is 382 g/mol. The van der Waals surface area contributed by atoms with E-state index in [4.69, 9.17) is 14.2 Å². The van der Waals surface area contributed by atoms with Crippen molar-refractivity contribution in [3.8, 4) is 17.2 Å². The number of ether oxygens (including phenoxy) is 3. The molecule has 1 N–H and O–H groups in total. The fourth-order valence-corrected chi connectivity index (χ4v) is 3.26. The second kappa shape index (κ2) is 7.80. The van der Waals surface area contributed by atoms with Crippen molar-refractivity contribution in [3.63, 3.8) is 0 Å². The zero-order valence-corrected chi connectivity index (χ0v) is 15.6. The molecule has 4 rings (SSSR count). The Bertz CT molecular complexity index is 885. The number of benzene rings is 2. The maximum atomic E-state index is 13.2. The van der Waals surface area contributed by atoms with E-state index in [-0.39, 0.29) is 25.0 Å². The Morgan fingerprint density at radius 1 is 1.00 bits per heavy atom. The van der Waals surface area contributed by atoms with Gasteiger partial charge in [0, 0.05) is 6.54 Å². The van der Waals surface area contributed by atoms with Crippen LogP contribution >= 0.6 is 0 Å². The number of para-hydroxylation sites is 4. The number of carbonyl (C=O) groups excluding carboxylic acids is 2. The first-order chi connectivity index (χ1) is 13.7. The first-order valence-corrected chi connectivity index (χ1v) is 9.40. The molecule has 2 atom stereocenters. The number of hydrogen-bond acceptors (Lipinski definition) is 5. The summed E-state index contributed by atoms with van der Waals surface area (Å²) in [5.74, 6) is 1.14. The Balaban J connectivity index is 1.57. The molecule has 2 amide bonds. The summed E-state index contributed by atoms with van der Waals surface area (Å²) < 4.78 is 17.4. The van der Waals surface area contributed by atoms with Gasteiger partial charge in [0.1, 0.15) is 12.4 Å². The fourth-order valence-electron chi connectivity index (χ4n) is 3.26. The molecule has 146 valence electrons. The number of rotatable bonds is 4. The third-order valence-corrected chi connectivity index (χ3v) is 4.67. The van der Waals surface area contributed by atoms with Crippen molar-refractivity contribution >= 4 is 17.5 Å². The number of anilines is 1. The van der Waals surface area contributed by atoms with Crippen LogP contribution in [0.2, 0.25) is 0 Å². The Kier molecular flexibility index (Phi) is 5.06. The zero-order chi connectivity index (χ0) is 19.5. The first kappa shape index (κ1) is 18.2. The largest absolute Gasteiger partial charge is 0.485 e. The molecular formula is C21H22N2O5. The highest BCUT2D eigenvalue weighted by Gasteiger charge is 2.38. The lowest BCUT2D eigenvalue weighted by molar-refractivity contribution is -0.130. The molecule has 0 saturated heterocycles. The molecule has 0 unspecified atom stereocenters. The molecule has 0 bridgehead atoms. The van der Waals surface area contributed by atoms with Crippen LogP contribution in [-0.4, -0.2) is 43.7 Å². The zero-order valence-electron chi connectivity index (χ0n) is 15.6. The maximum absolute atomic E-state index is 13.2. The van der Waals surface area contributed by atoms with Crippen LogP contribution in [0.1, 0.15) is 13.3 Å². The summed E-state index contributed by atoms with van der Waals surface area (Å²) in [6, 6.07) is 14.4. The molecule has 0 saturated carbocycles. The minimum Gasteiger partial charge on any atom is -0.485 e. The molecule has 0 radical (unpaired) electrons. The number of nitrogens with one attached hydrogen (secondary N) is 1. The average Bonchev–Trinajstić information content (AvgIpc) is 2.75. The molecule has 7 nitrogen and oxygen atoms in total. The summed E-state index contributed by atoms with van der Waals surface area (Å²) in [5, 5.41) is 2.83. The normalized spacial score (nSPS) is 20.0. The Labute approximate surface area is 163 Å². The molecule has 0 spiro atoms. The molecule has 28 heavy (non-hydrogen) atoms. The number of hydrogen-bond donors (Lipinski definition) is 1. The van der Waals surface area contributed by atoms with Crippen LogP contribution in [0.15, 0.2) is 48.5 Å². The van der Waals surface area contributed by atoms with Crippen molar-refractivity contribution < 1.29 is 23.8 Å². The summed E-state index contributed by atoms with van der Waals surface area (Å²) in [4.78, 5) is 27.2. The Morgan fingerprint density at radius 2 is 1.68 bits per heavy atom. The number of carbonyl (C=O) groups is 2. The van der Waals surface area contributed by atoms with Gasteiger partial charge in [0.15, 0.2) is 17.6 Å². The predicted molar refractivity (Wildman–Crippen MR) is 103 cm³/mol. The van der Waals surface area contributed by atoms with Gasteiger partial charge in [-0.05, 0) is 30.7 Å². The third-order valence-electron chi connectivity index (χ3n) is 4.67. The van der Waals surface area contributed by atoms with Gasteiger partial charge in [-0.2, -0.15) is 0 Å². The standard InChI is InChI=1S/C21H22N2O5/c1-2-11-22-20(24)18-12-23(14-7-3-4-8-15(14)27-18)21(25)19-13-26-16-9-5-6-10-17(16)28-19/h3-10,18-19H,2,11-13H2,1H3,(H,22,24)/t18-,19-/m0/s1. The first-order valence-electron chi connectivity index (χ1n) is 9.40. The molecule has 2 aromatic rings. The lowest BCUT2D eigenvalue weighted by Crippen LogP contribution is -2.55. The minimum absolute atomic E-state index is 0.113. The minimum atomic E-state index is -0.791. The number of amides is 2. The van der Waals surface area contributed by atoms with Crippen LogP contribution in [0, 0.1) is 0 Å². The second-order valence-electron chi connectivity index (χ2n) is 6.68. The van der Waals surface area contributed by atoms with Gasteiger partial charge >= 0.3 is 0 Å². The quantitative estimate of drug-likeness (QED) is 0.877. The third kappa shape index (κ3) is 3.47. The van der Waals surface area contributed by atoms with E-state index in [2.05, 4.69) is 5.32 Å². The number of nitrogens with zero attached hydrogens (tertiary/aromatic N) is 1. The summed E-state index contributed by atoms with van der Waals surface area (Å²) in [5.41, 5.74) is 0.620. The van der Waals surface area contributed by atoms with E-state index in [1.54, 1.807) is 29.2 Å². The highest BCUT2D eigenvalue weighted by molar-refractivity contribution is 6.00. The van der Waals surface area contributed by atoms with Gasteiger partial charge in [-0.25, -0.2) is 0 Å². The highest BCUT2D eigenvalue weighted by atomic mass is 16.6. The van der Waals surface area contributed by atoms with E-state index in [9.17, 15) is 9.59 Å². The van der Waals surface area contributed by atoms with Crippen LogP contribution in [0.4, 0.5) is 5.69 Å². The van der Waals surface area contributed by atoms with Crippen LogP contribution in [0.25, 0.3) is 0 Å². The molecule has 0 aliphatic carbocycles. The second-order valence-corrected chi connectivity index (χ2v) is 6.68. The molecule has 0 aromatic heterocycles. The highest BCUT2D eigenvalue weighted by Crippen LogP contribution is 2.36. The molecular weight excluding hydrogens is 360 g/mol. The topological polar surface area (TPSA) is 77.1 Å². The van der Waals surface area contributed by atoms with Gasteiger partial charge in [-0.1, -0.05) is 31.2 Å². The van der Waals surface area contributed by atoms with Crippen molar-refractivity contribution in [2.24, 2.45) is 0 Å². The van der Waals surface area contributed by atoms with Crippen molar-refractivity contribution in [2.75, 3.05) is 24.6 Å².